The molecule has 0 atom stereocenters. The Kier molecular flexibility index (Phi) is 4.59. The number of benzene rings is 1. The van der Waals surface area contributed by atoms with Crippen LogP contribution < -0.4 is 4.74 Å². The third kappa shape index (κ3) is 3.72. The molecule has 8 heteroatoms. The summed E-state index contributed by atoms with van der Waals surface area (Å²) in [5, 5.41) is 0. The molecule has 2 rings (SSSR count). The lowest BCUT2D eigenvalue weighted by Crippen LogP contribution is -2.15. The van der Waals surface area contributed by atoms with Gasteiger partial charge < -0.3 is 9.47 Å². The molecule has 0 aliphatic rings. The molecule has 0 aliphatic heterocycles. The second-order valence-electron chi connectivity index (χ2n) is 4.18. The van der Waals surface area contributed by atoms with E-state index in [1.807, 2.05) is 0 Å². The van der Waals surface area contributed by atoms with Gasteiger partial charge in [-0.3, -0.25) is 0 Å². The Bertz CT molecular complexity index is 660. The van der Waals surface area contributed by atoms with E-state index in [9.17, 15) is 18.0 Å². The summed E-state index contributed by atoms with van der Waals surface area (Å²) in [5.41, 5.74) is 0.442. The standard InChI is InChI=1S/C14H11F3N2O3/c1-21-12(20)10-7-18-13(14(15,16)17)19-11(10)22-8-9-5-3-2-4-6-9/h2-7H,8H2,1H3. The molecule has 0 saturated heterocycles. The van der Waals surface area contributed by atoms with Crippen molar-refractivity contribution in [1.29, 1.82) is 0 Å². The van der Waals surface area contributed by atoms with Crippen LogP contribution in [0.3, 0.4) is 0 Å². The van der Waals surface area contributed by atoms with Crippen LogP contribution in [0.5, 0.6) is 5.88 Å². The van der Waals surface area contributed by atoms with E-state index < -0.39 is 23.8 Å². The van der Waals surface area contributed by atoms with Crippen molar-refractivity contribution in [2.24, 2.45) is 0 Å². The van der Waals surface area contributed by atoms with Gasteiger partial charge in [0.25, 0.3) is 0 Å². The van der Waals surface area contributed by atoms with E-state index in [-0.39, 0.29) is 12.2 Å². The van der Waals surface area contributed by atoms with Crippen LogP contribution in [-0.4, -0.2) is 23.0 Å². The number of hydrogen-bond donors (Lipinski definition) is 0. The Labute approximate surface area is 123 Å². The number of alkyl halides is 3. The fourth-order valence-electron chi connectivity index (χ4n) is 1.59. The fraction of sp³-hybridized carbons (Fsp3) is 0.214. The van der Waals surface area contributed by atoms with Crippen LogP contribution in [-0.2, 0) is 17.5 Å². The molecule has 0 saturated carbocycles. The number of nitrogens with zero attached hydrogens (tertiary/aromatic N) is 2. The van der Waals surface area contributed by atoms with E-state index in [0.717, 1.165) is 13.3 Å². The first-order chi connectivity index (χ1) is 10.4. The molecular formula is C14H11F3N2O3. The van der Waals surface area contributed by atoms with Crippen molar-refractivity contribution in [2.45, 2.75) is 12.8 Å². The maximum Gasteiger partial charge on any atom is 0.451 e. The molecule has 0 amide bonds. The molecule has 0 unspecified atom stereocenters. The van der Waals surface area contributed by atoms with E-state index >= 15 is 0 Å². The van der Waals surface area contributed by atoms with Crippen LogP contribution in [0.4, 0.5) is 13.2 Å². The number of carbonyl (C=O) groups excluding carboxylic acids is 1. The topological polar surface area (TPSA) is 61.3 Å². The van der Waals surface area contributed by atoms with Gasteiger partial charge in [-0.05, 0) is 5.56 Å². The van der Waals surface area contributed by atoms with Gasteiger partial charge in [0.1, 0.15) is 12.2 Å². The van der Waals surface area contributed by atoms with Crippen LogP contribution in [0, 0.1) is 0 Å². The number of halogens is 3. The highest BCUT2D eigenvalue weighted by atomic mass is 19.4. The van der Waals surface area contributed by atoms with Gasteiger partial charge in [-0.2, -0.15) is 18.2 Å². The number of carbonyl (C=O) groups is 1. The first kappa shape index (κ1) is 15.7. The van der Waals surface area contributed by atoms with E-state index in [0.29, 0.717) is 5.56 Å². The molecule has 0 spiro atoms. The number of esters is 1. The van der Waals surface area contributed by atoms with E-state index in [1.165, 1.54) is 0 Å². The molecule has 22 heavy (non-hydrogen) atoms. The quantitative estimate of drug-likeness (QED) is 0.812. The normalized spacial score (nSPS) is 11.1. The summed E-state index contributed by atoms with van der Waals surface area (Å²) in [6.45, 7) is -0.0425. The van der Waals surface area contributed by atoms with Gasteiger partial charge >= 0.3 is 12.1 Å². The average molecular weight is 312 g/mol. The van der Waals surface area contributed by atoms with Crippen molar-refractivity contribution in [3.05, 3.63) is 53.5 Å². The molecule has 0 aliphatic carbocycles. The second-order valence-corrected chi connectivity index (χ2v) is 4.18. The Morgan fingerprint density at radius 1 is 1.23 bits per heavy atom. The number of methoxy groups -OCH3 is 1. The molecule has 0 radical (unpaired) electrons. The maximum atomic E-state index is 12.6. The first-order valence-corrected chi connectivity index (χ1v) is 6.11. The molecule has 0 fully saturated rings. The number of hydrogen-bond acceptors (Lipinski definition) is 5. The van der Waals surface area contributed by atoms with Crippen LogP contribution >= 0.6 is 0 Å². The third-order valence-corrected chi connectivity index (χ3v) is 2.63. The van der Waals surface area contributed by atoms with Crippen LogP contribution in [0.25, 0.3) is 0 Å². The maximum absolute atomic E-state index is 12.6. The Hall–Kier alpha value is -2.64. The summed E-state index contributed by atoms with van der Waals surface area (Å²) in [4.78, 5) is 17.9. The van der Waals surface area contributed by atoms with Gasteiger partial charge in [-0.1, -0.05) is 30.3 Å². The van der Waals surface area contributed by atoms with Crippen LogP contribution in [0.15, 0.2) is 36.5 Å². The lowest BCUT2D eigenvalue weighted by molar-refractivity contribution is -0.145. The van der Waals surface area contributed by atoms with Gasteiger partial charge in [0.05, 0.1) is 7.11 Å². The predicted molar refractivity (Wildman–Crippen MR) is 69.1 cm³/mol. The molecule has 2 aromatic rings. The van der Waals surface area contributed by atoms with Gasteiger partial charge in [0.2, 0.25) is 11.7 Å². The van der Waals surface area contributed by atoms with E-state index in [4.69, 9.17) is 4.74 Å². The minimum atomic E-state index is -4.74. The van der Waals surface area contributed by atoms with Gasteiger partial charge in [-0.15, -0.1) is 0 Å². The minimum absolute atomic E-state index is 0.0425. The molecule has 1 heterocycles. The minimum Gasteiger partial charge on any atom is -0.472 e. The highest BCUT2D eigenvalue weighted by Gasteiger charge is 2.36. The van der Waals surface area contributed by atoms with E-state index in [2.05, 4.69) is 14.7 Å². The number of aromatic nitrogens is 2. The summed E-state index contributed by atoms with van der Waals surface area (Å²) >= 11 is 0. The predicted octanol–water partition coefficient (Wildman–Crippen LogP) is 2.86. The van der Waals surface area contributed by atoms with Crippen LogP contribution in [0.2, 0.25) is 0 Å². The van der Waals surface area contributed by atoms with Gasteiger partial charge in [0, 0.05) is 6.20 Å². The molecule has 0 bridgehead atoms. The molecule has 1 aromatic carbocycles. The molecule has 116 valence electrons. The van der Waals surface area contributed by atoms with Crippen molar-refractivity contribution >= 4 is 5.97 Å². The zero-order valence-corrected chi connectivity index (χ0v) is 11.4. The lowest BCUT2D eigenvalue weighted by Gasteiger charge is -2.11. The number of rotatable bonds is 4. The third-order valence-electron chi connectivity index (χ3n) is 2.63. The molecule has 5 nitrogen and oxygen atoms in total. The molecular weight excluding hydrogens is 301 g/mol. The highest BCUT2D eigenvalue weighted by molar-refractivity contribution is 5.91. The average Bonchev–Trinajstić information content (AvgIpc) is 2.52. The fourth-order valence-corrected chi connectivity index (χ4v) is 1.59. The SMILES string of the molecule is COC(=O)c1cnc(C(F)(F)F)nc1OCc1ccccc1. The van der Waals surface area contributed by atoms with Crippen molar-refractivity contribution < 1.29 is 27.4 Å². The summed E-state index contributed by atoms with van der Waals surface area (Å²) in [6, 6.07) is 8.74. The van der Waals surface area contributed by atoms with Gasteiger partial charge in [0.15, 0.2) is 0 Å². The molecule has 1 aromatic heterocycles. The van der Waals surface area contributed by atoms with Crippen molar-refractivity contribution in [1.82, 2.24) is 9.97 Å². The van der Waals surface area contributed by atoms with Gasteiger partial charge in [-0.25, -0.2) is 9.78 Å². The zero-order chi connectivity index (χ0) is 16.2. The summed E-state index contributed by atoms with van der Waals surface area (Å²) < 4.78 is 47.7. The van der Waals surface area contributed by atoms with E-state index in [1.54, 1.807) is 30.3 Å². The highest BCUT2D eigenvalue weighted by Crippen LogP contribution is 2.28. The first-order valence-electron chi connectivity index (χ1n) is 6.11. The van der Waals surface area contributed by atoms with Crippen molar-refractivity contribution in [2.75, 3.05) is 7.11 Å². The summed E-state index contributed by atoms with van der Waals surface area (Å²) in [6.07, 6.45) is -4.00. The lowest BCUT2D eigenvalue weighted by atomic mass is 10.2. The molecule has 0 N–H and O–H groups in total. The smallest absolute Gasteiger partial charge is 0.451 e. The Morgan fingerprint density at radius 2 is 1.91 bits per heavy atom. The van der Waals surface area contributed by atoms with Crippen molar-refractivity contribution in [3.63, 3.8) is 0 Å². The monoisotopic (exact) mass is 312 g/mol. The Morgan fingerprint density at radius 3 is 2.50 bits per heavy atom. The van der Waals surface area contributed by atoms with Crippen molar-refractivity contribution in [3.8, 4) is 5.88 Å². The second kappa shape index (κ2) is 6.42. The summed E-state index contributed by atoms with van der Waals surface area (Å²) in [7, 11) is 1.10. The largest absolute Gasteiger partial charge is 0.472 e. The summed E-state index contributed by atoms with van der Waals surface area (Å²) in [5.74, 6) is -2.74. The zero-order valence-electron chi connectivity index (χ0n) is 11.4. The Balaban J connectivity index is 2.31. The van der Waals surface area contributed by atoms with Crippen LogP contribution in [0.1, 0.15) is 21.7 Å². The number of ether oxygens (including phenoxy) is 2.